The Balaban J connectivity index is 0.00000144. The lowest BCUT2D eigenvalue weighted by Crippen LogP contribution is -2.46. The number of hydrogen-bond acceptors (Lipinski definition) is 4. The Morgan fingerprint density at radius 1 is 1.04 bits per heavy atom. The summed E-state index contributed by atoms with van der Waals surface area (Å²) in [5.74, 6) is 0.168. The van der Waals surface area contributed by atoms with Crippen molar-refractivity contribution in [3.8, 4) is 0 Å². The molecule has 2 heterocycles. The molecule has 7 heteroatoms. The number of carbonyl (C=O) groups is 1. The second kappa shape index (κ2) is 10.2. The maximum Gasteiger partial charge on any atom is 0.253 e. The van der Waals surface area contributed by atoms with Crippen molar-refractivity contribution in [2.45, 2.75) is 6.54 Å². The first-order chi connectivity index (χ1) is 10.7. The molecule has 24 heavy (non-hydrogen) atoms. The van der Waals surface area contributed by atoms with Crippen molar-refractivity contribution in [3.63, 3.8) is 0 Å². The Morgan fingerprint density at radius 3 is 2.38 bits per heavy atom. The summed E-state index contributed by atoms with van der Waals surface area (Å²) < 4.78 is 0. The van der Waals surface area contributed by atoms with E-state index in [4.69, 9.17) is 0 Å². The third-order valence-electron chi connectivity index (χ3n) is 4.58. The number of halogens is 2. The fourth-order valence-corrected chi connectivity index (χ4v) is 3.12. The number of likely N-dealkylation sites (N-methyl/N-ethyl adjacent to an activating group) is 1. The molecule has 0 aliphatic carbocycles. The van der Waals surface area contributed by atoms with Crippen molar-refractivity contribution in [2.75, 3.05) is 59.4 Å². The van der Waals surface area contributed by atoms with Gasteiger partial charge in [-0.3, -0.25) is 9.69 Å². The summed E-state index contributed by atoms with van der Waals surface area (Å²) in [6, 6.07) is 8.16. The molecule has 136 valence electrons. The number of piperazine rings is 2. The predicted molar refractivity (Wildman–Crippen MR) is 102 cm³/mol. The van der Waals surface area contributed by atoms with E-state index in [2.05, 4.69) is 34.3 Å². The lowest BCUT2D eigenvalue weighted by atomic mass is 10.1. The normalized spacial score (nSPS) is 19.3. The molecular formula is C17H28Cl2N4O. The van der Waals surface area contributed by atoms with Crippen molar-refractivity contribution < 1.29 is 4.79 Å². The van der Waals surface area contributed by atoms with Gasteiger partial charge in [0.05, 0.1) is 0 Å². The smallest absolute Gasteiger partial charge is 0.253 e. The van der Waals surface area contributed by atoms with Gasteiger partial charge in [-0.05, 0) is 24.7 Å². The summed E-state index contributed by atoms with van der Waals surface area (Å²) in [7, 11) is 2.17. The molecule has 0 atom stereocenters. The average Bonchev–Trinajstić information content (AvgIpc) is 2.57. The standard InChI is InChI=1S/C17H26N4O.2ClH/c1-19-9-11-20(12-10-19)14-15-3-2-4-16(13-15)17(22)21-7-5-18-6-8-21;;/h2-4,13,18H,5-12,14H2,1H3;2*1H. The number of nitrogens with one attached hydrogen (secondary N) is 1. The molecule has 0 spiro atoms. The molecule has 0 radical (unpaired) electrons. The molecule has 1 aromatic carbocycles. The summed E-state index contributed by atoms with van der Waals surface area (Å²) in [5, 5.41) is 3.29. The van der Waals surface area contributed by atoms with Crippen LogP contribution in [0.15, 0.2) is 24.3 Å². The first-order valence-electron chi connectivity index (χ1n) is 8.22. The van der Waals surface area contributed by atoms with Crippen LogP contribution in [-0.2, 0) is 6.54 Å². The quantitative estimate of drug-likeness (QED) is 0.865. The molecule has 0 aromatic heterocycles. The number of hydrogen-bond donors (Lipinski definition) is 1. The first kappa shape index (κ1) is 21.2. The van der Waals surface area contributed by atoms with E-state index in [0.717, 1.165) is 64.5 Å². The average molecular weight is 375 g/mol. The van der Waals surface area contributed by atoms with Crippen LogP contribution in [0.3, 0.4) is 0 Å². The van der Waals surface area contributed by atoms with E-state index in [-0.39, 0.29) is 30.7 Å². The third kappa shape index (κ3) is 5.60. The molecule has 2 saturated heterocycles. The molecule has 0 bridgehead atoms. The summed E-state index contributed by atoms with van der Waals surface area (Å²) >= 11 is 0. The van der Waals surface area contributed by atoms with Gasteiger partial charge in [0.15, 0.2) is 0 Å². The Kier molecular flexibility index (Phi) is 9.02. The first-order valence-corrected chi connectivity index (χ1v) is 8.22. The molecule has 1 N–H and O–H groups in total. The van der Waals surface area contributed by atoms with Gasteiger partial charge in [-0.25, -0.2) is 0 Å². The Morgan fingerprint density at radius 2 is 1.71 bits per heavy atom. The van der Waals surface area contributed by atoms with Crippen LogP contribution in [0.1, 0.15) is 15.9 Å². The van der Waals surface area contributed by atoms with Gasteiger partial charge in [0, 0.05) is 64.5 Å². The highest BCUT2D eigenvalue weighted by Gasteiger charge is 2.19. The minimum absolute atomic E-state index is 0. The zero-order chi connectivity index (χ0) is 15.4. The molecule has 2 fully saturated rings. The van der Waals surface area contributed by atoms with Crippen LogP contribution in [0.25, 0.3) is 0 Å². The van der Waals surface area contributed by atoms with E-state index in [1.807, 2.05) is 17.0 Å². The highest BCUT2D eigenvalue weighted by molar-refractivity contribution is 5.94. The number of rotatable bonds is 3. The maximum atomic E-state index is 12.6. The fourth-order valence-electron chi connectivity index (χ4n) is 3.12. The van der Waals surface area contributed by atoms with Crippen molar-refractivity contribution in [3.05, 3.63) is 35.4 Å². The molecular weight excluding hydrogens is 347 g/mol. The molecule has 1 aromatic rings. The molecule has 2 aliphatic rings. The number of amides is 1. The zero-order valence-electron chi connectivity index (χ0n) is 14.2. The zero-order valence-corrected chi connectivity index (χ0v) is 15.9. The van der Waals surface area contributed by atoms with Crippen LogP contribution in [0.5, 0.6) is 0 Å². The van der Waals surface area contributed by atoms with Crippen molar-refractivity contribution >= 4 is 30.7 Å². The topological polar surface area (TPSA) is 38.8 Å². The lowest BCUT2D eigenvalue weighted by molar-refractivity contribution is 0.0735. The van der Waals surface area contributed by atoms with Crippen molar-refractivity contribution in [1.82, 2.24) is 20.0 Å². The van der Waals surface area contributed by atoms with Gasteiger partial charge in [-0.15, -0.1) is 24.8 Å². The van der Waals surface area contributed by atoms with E-state index >= 15 is 0 Å². The van der Waals surface area contributed by atoms with Crippen LogP contribution in [0, 0.1) is 0 Å². The van der Waals surface area contributed by atoms with E-state index in [1.54, 1.807) is 0 Å². The second-order valence-electron chi connectivity index (χ2n) is 6.32. The molecule has 3 rings (SSSR count). The molecule has 0 unspecified atom stereocenters. The van der Waals surface area contributed by atoms with E-state index in [1.165, 1.54) is 5.56 Å². The van der Waals surface area contributed by atoms with Crippen LogP contribution in [0.4, 0.5) is 0 Å². The van der Waals surface area contributed by atoms with Gasteiger partial charge < -0.3 is 15.1 Å². The summed E-state index contributed by atoms with van der Waals surface area (Å²) in [6.07, 6.45) is 0. The SMILES string of the molecule is CN1CCN(Cc2cccc(C(=O)N3CCNCC3)c2)CC1.Cl.Cl. The Labute approximate surface area is 157 Å². The number of carbonyl (C=O) groups excluding carboxylic acids is 1. The van der Waals surface area contributed by atoms with Gasteiger partial charge in [0.1, 0.15) is 0 Å². The monoisotopic (exact) mass is 374 g/mol. The highest BCUT2D eigenvalue weighted by atomic mass is 35.5. The van der Waals surface area contributed by atoms with Gasteiger partial charge in [-0.1, -0.05) is 12.1 Å². The molecule has 1 amide bonds. The van der Waals surface area contributed by atoms with E-state index in [9.17, 15) is 4.79 Å². The minimum Gasteiger partial charge on any atom is -0.336 e. The minimum atomic E-state index is 0. The fraction of sp³-hybridized carbons (Fsp3) is 0.588. The van der Waals surface area contributed by atoms with E-state index < -0.39 is 0 Å². The summed E-state index contributed by atoms with van der Waals surface area (Å²) in [4.78, 5) is 19.3. The number of nitrogens with zero attached hydrogens (tertiary/aromatic N) is 3. The van der Waals surface area contributed by atoms with Gasteiger partial charge in [0.25, 0.3) is 5.91 Å². The van der Waals surface area contributed by atoms with Gasteiger partial charge >= 0.3 is 0 Å². The predicted octanol–water partition coefficient (Wildman–Crippen LogP) is 1.32. The van der Waals surface area contributed by atoms with Crippen LogP contribution >= 0.6 is 24.8 Å². The van der Waals surface area contributed by atoms with Gasteiger partial charge in [-0.2, -0.15) is 0 Å². The van der Waals surface area contributed by atoms with Crippen LogP contribution < -0.4 is 5.32 Å². The third-order valence-corrected chi connectivity index (χ3v) is 4.58. The summed E-state index contributed by atoms with van der Waals surface area (Å²) in [6.45, 7) is 8.80. The van der Waals surface area contributed by atoms with Crippen LogP contribution in [0.2, 0.25) is 0 Å². The summed E-state index contributed by atoms with van der Waals surface area (Å²) in [5.41, 5.74) is 2.07. The molecule has 2 aliphatic heterocycles. The van der Waals surface area contributed by atoms with Crippen LogP contribution in [-0.4, -0.2) is 80.0 Å². The number of benzene rings is 1. The maximum absolute atomic E-state index is 12.6. The molecule has 0 saturated carbocycles. The Hall–Kier alpha value is -0.850. The van der Waals surface area contributed by atoms with Gasteiger partial charge in [0.2, 0.25) is 0 Å². The lowest BCUT2D eigenvalue weighted by Gasteiger charge is -2.32. The molecule has 5 nitrogen and oxygen atoms in total. The van der Waals surface area contributed by atoms with Crippen molar-refractivity contribution in [1.29, 1.82) is 0 Å². The Bertz CT molecular complexity index is 515. The van der Waals surface area contributed by atoms with E-state index in [0.29, 0.717) is 0 Å². The van der Waals surface area contributed by atoms with Crippen molar-refractivity contribution in [2.24, 2.45) is 0 Å². The second-order valence-corrected chi connectivity index (χ2v) is 6.32. The highest BCUT2D eigenvalue weighted by Crippen LogP contribution is 2.12. The largest absolute Gasteiger partial charge is 0.336 e.